The summed E-state index contributed by atoms with van der Waals surface area (Å²) in [5.74, 6) is -0.133. The average Bonchev–Trinajstić information content (AvgIpc) is 2.66. The molecule has 12 unspecified atom stereocenters. The van der Waals surface area contributed by atoms with Crippen LogP contribution in [-0.2, 0) is 14.2 Å². The maximum absolute atomic E-state index is 11.2. The van der Waals surface area contributed by atoms with Crippen molar-refractivity contribution in [1.82, 2.24) is 0 Å². The summed E-state index contributed by atoms with van der Waals surface area (Å²) in [5, 5.41) is 31.2. The molecule has 2 heterocycles. The Bertz CT molecular complexity index is 543. The van der Waals surface area contributed by atoms with Gasteiger partial charge in [0.05, 0.1) is 37.1 Å². The van der Waals surface area contributed by atoms with Crippen LogP contribution in [0.5, 0.6) is 0 Å². The highest BCUT2D eigenvalue weighted by Gasteiger charge is 2.51. The Balaban J connectivity index is 1.74. The van der Waals surface area contributed by atoms with Crippen LogP contribution in [-0.4, -0.2) is 89.0 Å². The topological polar surface area (TPSA) is 192 Å². The first kappa shape index (κ1) is 23.3. The van der Waals surface area contributed by atoms with E-state index in [4.69, 9.17) is 37.1 Å². The van der Waals surface area contributed by atoms with Crippen LogP contribution in [0.15, 0.2) is 0 Å². The number of aliphatic hydroxyl groups is 3. The highest BCUT2D eigenvalue weighted by Crippen LogP contribution is 2.36. The molecule has 2 aliphatic heterocycles. The summed E-state index contributed by atoms with van der Waals surface area (Å²) in [6.45, 7) is 4.12. The molecule has 2 saturated heterocycles. The Morgan fingerprint density at radius 2 is 1.62 bits per heavy atom. The Morgan fingerprint density at radius 3 is 2.28 bits per heavy atom. The summed E-state index contributed by atoms with van der Waals surface area (Å²) in [5.41, 5.74) is 24.8. The number of aliphatic hydroxyl groups excluding tert-OH is 3. The molecular weight excluding hydrogens is 380 g/mol. The SMILES string of the molecule is CC(C)C1CCC(N)C(C2C(N)CC(N)C(OC3OCC(O)C(N)C3O)C2O)O1. The maximum atomic E-state index is 11.2. The van der Waals surface area contributed by atoms with Gasteiger partial charge in [0.2, 0.25) is 0 Å². The molecule has 0 aromatic heterocycles. The van der Waals surface area contributed by atoms with E-state index in [0.29, 0.717) is 12.3 Å². The monoisotopic (exact) mass is 418 g/mol. The van der Waals surface area contributed by atoms with Crippen LogP contribution < -0.4 is 22.9 Å². The Morgan fingerprint density at radius 1 is 0.931 bits per heavy atom. The summed E-state index contributed by atoms with van der Waals surface area (Å²) < 4.78 is 17.5. The molecule has 29 heavy (non-hydrogen) atoms. The minimum atomic E-state index is -1.24. The molecule has 1 saturated carbocycles. The maximum Gasteiger partial charge on any atom is 0.185 e. The van der Waals surface area contributed by atoms with Crippen molar-refractivity contribution in [3.8, 4) is 0 Å². The molecular formula is C19H38N4O6. The lowest BCUT2D eigenvalue weighted by Crippen LogP contribution is -2.67. The van der Waals surface area contributed by atoms with E-state index in [1.54, 1.807) is 0 Å². The highest BCUT2D eigenvalue weighted by atomic mass is 16.7. The molecule has 0 amide bonds. The smallest absolute Gasteiger partial charge is 0.185 e. The van der Waals surface area contributed by atoms with Crippen molar-refractivity contribution in [2.75, 3.05) is 6.61 Å². The lowest BCUT2D eigenvalue weighted by molar-refractivity contribution is -0.281. The van der Waals surface area contributed by atoms with Crippen molar-refractivity contribution in [2.45, 2.75) is 100 Å². The van der Waals surface area contributed by atoms with Gasteiger partial charge in [-0.25, -0.2) is 0 Å². The van der Waals surface area contributed by atoms with Crippen molar-refractivity contribution < 1.29 is 29.5 Å². The highest BCUT2D eigenvalue weighted by molar-refractivity contribution is 5.04. The molecule has 10 heteroatoms. The van der Waals surface area contributed by atoms with Gasteiger partial charge in [0.25, 0.3) is 0 Å². The lowest BCUT2D eigenvalue weighted by Gasteiger charge is -2.50. The Kier molecular flexibility index (Phi) is 7.54. The molecule has 0 aromatic rings. The molecule has 0 aromatic carbocycles. The van der Waals surface area contributed by atoms with Gasteiger partial charge in [-0.05, 0) is 25.2 Å². The van der Waals surface area contributed by atoms with E-state index in [1.165, 1.54) is 0 Å². The fraction of sp³-hybridized carbons (Fsp3) is 1.00. The van der Waals surface area contributed by atoms with Gasteiger partial charge in [-0.3, -0.25) is 0 Å². The zero-order chi connectivity index (χ0) is 21.5. The number of nitrogens with two attached hydrogens (primary N) is 4. The van der Waals surface area contributed by atoms with E-state index >= 15 is 0 Å². The van der Waals surface area contributed by atoms with Crippen LogP contribution in [0.3, 0.4) is 0 Å². The quantitative estimate of drug-likeness (QED) is 0.253. The van der Waals surface area contributed by atoms with Gasteiger partial charge in [-0.1, -0.05) is 13.8 Å². The third-order valence-corrected chi connectivity index (χ3v) is 6.69. The summed E-state index contributed by atoms with van der Waals surface area (Å²) in [6, 6.07) is -2.12. The molecule has 12 atom stereocenters. The van der Waals surface area contributed by atoms with Gasteiger partial charge >= 0.3 is 0 Å². The minimum Gasteiger partial charge on any atom is -0.390 e. The number of hydrogen-bond donors (Lipinski definition) is 7. The molecule has 0 radical (unpaired) electrons. The molecule has 0 bridgehead atoms. The first-order valence-corrected chi connectivity index (χ1v) is 10.6. The molecule has 3 fully saturated rings. The van der Waals surface area contributed by atoms with Crippen LogP contribution in [0.25, 0.3) is 0 Å². The second kappa shape index (κ2) is 9.39. The van der Waals surface area contributed by atoms with Crippen LogP contribution in [0, 0.1) is 11.8 Å². The van der Waals surface area contributed by atoms with Gasteiger partial charge in [-0.15, -0.1) is 0 Å². The van der Waals surface area contributed by atoms with E-state index in [2.05, 4.69) is 13.8 Å². The summed E-state index contributed by atoms with van der Waals surface area (Å²) >= 11 is 0. The average molecular weight is 419 g/mol. The predicted molar refractivity (Wildman–Crippen MR) is 105 cm³/mol. The third kappa shape index (κ3) is 4.77. The Hall–Kier alpha value is -0.400. The predicted octanol–water partition coefficient (Wildman–Crippen LogP) is -2.66. The van der Waals surface area contributed by atoms with E-state index in [1.807, 2.05) is 0 Å². The fourth-order valence-corrected chi connectivity index (χ4v) is 4.80. The molecule has 11 N–H and O–H groups in total. The molecule has 3 rings (SSSR count). The molecule has 10 nitrogen and oxygen atoms in total. The van der Waals surface area contributed by atoms with Crippen molar-refractivity contribution in [2.24, 2.45) is 34.8 Å². The first-order valence-electron chi connectivity index (χ1n) is 10.6. The summed E-state index contributed by atoms with van der Waals surface area (Å²) in [7, 11) is 0. The standard InChI is InChI=1S/C19H38N4O6/c1-7(2)12-4-3-8(20)17(28-12)13-9(21)5-10(22)18(15(13)25)29-19-16(26)14(23)11(24)6-27-19/h7-19,24-26H,3-6,20-23H2,1-2H3. The molecule has 170 valence electrons. The summed E-state index contributed by atoms with van der Waals surface area (Å²) in [4.78, 5) is 0. The van der Waals surface area contributed by atoms with Gasteiger partial charge in [0.1, 0.15) is 12.2 Å². The number of ether oxygens (including phenoxy) is 3. The Labute approximate surface area is 171 Å². The normalized spacial score (nSPS) is 51.9. The van der Waals surface area contributed by atoms with E-state index in [-0.39, 0.29) is 18.8 Å². The van der Waals surface area contributed by atoms with Crippen LogP contribution in [0.4, 0.5) is 0 Å². The van der Waals surface area contributed by atoms with Crippen molar-refractivity contribution in [3.63, 3.8) is 0 Å². The fourth-order valence-electron chi connectivity index (χ4n) is 4.80. The number of hydrogen-bond acceptors (Lipinski definition) is 10. The zero-order valence-electron chi connectivity index (χ0n) is 17.2. The van der Waals surface area contributed by atoms with Gasteiger partial charge in [-0.2, -0.15) is 0 Å². The van der Waals surface area contributed by atoms with E-state index < -0.39 is 60.9 Å². The molecule has 1 aliphatic carbocycles. The van der Waals surface area contributed by atoms with Gasteiger partial charge in [0, 0.05) is 24.0 Å². The van der Waals surface area contributed by atoms with Crippen LogP contribution in [0.1, 0.15) is 33.1 Å². The minimum absolute atomic E-state index is 0.0529. The summed E-state index contributed by atoms with van der Waals surface area (Å²) in [6.07, 6.45) is -3.51. The first-order chi connectivity index (χ1) is 13.6. The van der Waals surface area contributed by atoms with E-state index in [0.717, 1.165) is 12.8 Å². The zero-order valence-corrected chi connectivity index (χ0v) is 17.2. The van der Waals surface area contributed by atoms with Crippen LogP contribution >= 0.6 is 0 Å². The second-order valence-electron chi connectivity index (χ2n) is 9.19. The lowest BCUT2D eigenvalue weighted by atomic mass is 9.72. The molecule has 0 spiro atoms. The van der Waals surface area contributed by atoms with Gasteiger partial charge in [0.15, 0.2) is 6.29 Å². The van der Waals surface area contributed by atoms with Crippen molar-refractivity contribution in [1.29, 1.82) is 0 Å². The largest absolute Gasteiger partial charge is 0.390 e. The third-order valence-electron chi connectivity index (χ3n) is 6.69. The van der Waals surface area contributed by atoms with Gasteiger partial charge < -0.3 is 52.5 Å². The van der Waals surface area contributed by atoms with Crippen molar-refractivity contribution in [3.05, 3.63) is 0 Å². The van der Waals surface area contributed by atoms with Crippen molar-refractivity contribution >= 4 is 0 Å². The van der Waals surface area contributed by atoms with Crippen LogP contribution in [0.2, 0.25) is 0 Å². The van der Waals surface area contributed by atoms with E-state index in [9.17, 15) is 15.3 Å². The second-order valence-corrected chi connectivity index (χ2v) is 9.19. The number of rotatable bonds is 4. The molecule has 3 aliphatic rings.